The number of rotatable bonds is 4. The van der Waals surface area contributed by atoms with E-state index >= 15 is 0 Å². The molecule has 0 radical (unpaired) electrons. The number of carbonyl (C=O) groups excluding carboxylic acids is 2. The van der Waals surface area contributed by atoms with Gasteiger partial charge in [0.1, 0.15) is 18.2 Å². The Morgan fingerprint density at radius 2 is 1.97 bits per heavy atom. The van der Waals surface area contributed by atoms with Crippen LogP contribution in [0.4, 0.5) is 10.1 Å². The lowest BCUT2D eigenvalue weighted by molar-refractivity contribution is -0.114. The summed E-state index contributed by atoms with van der Waals surface area (Å²) in [6, 6.07) is 11.6. The first-order chi connectivity index (χ1) is 16.2. The molecule has 8 heteroatoms. The summed E-state index contributed by atoms with van der Waals surface area (Å²) >= 11 is 0. The molecular formula is C26H34FN3O4. The van der Waals surface area contributed by atoms with E-state index < -0.39 is 0 Å². The summed E-state index contributed by atoms with van der Waals surface area (Å²) in [5, 5.41) is 2.74. The minimum Gasteiger partial charge on any atom is -0.491 e. The number of carbonyl (C=O) groups is 2. The van der Waals surface area contributed by atoms with Crippen molar-refractivity contribution in [3.63, 3.8) is 0 Å². The van der Waals surface area contributed by atoms with E-state index in [4.69, 9.17) is 9.47 Å². The number of nitrogens with one attached hydrogen (secondary N) is 1. The molecule has 2 aromatic rings. The van der Waals surface area contributed by atoms with Crippen molar-refractivity contribution in [1.29, 1.82) is 0 Å². The molecule has 184 valence electrons. The molecule has 0 unspecified atom stereocenters. The molecule has 1 aliphatic heterocycles. The van der Waals surface area contributed by atoms with Crippen LogP contribution in [0, 0.1) is 11.7 Å². The summed E-state index contributed by atoms with van der Waals surface area (Å²) in [5.41, 5.74) is 1.85. The Bertz CT molecular complexity index is 1020. The Hall–Kier alpha value is -2.97. The molecule has 0 aliphatic carbocycles. The molecule has 0 bridgehead atoms. The fraction of sp³-hybridized carbons (Fsp3) is 0.462. The molecular weight excluding hydrogens is 437 g/mol. The van der Waals surface area contributed by atoms with Crippen LogP contribution in [0.2, 0.25) is 0 Å². The van der Waals surface area contributed by atoms with Crippen LogP contribution in [0.3, 0.4) is 0 Å². The van der Waals surface area contributed by atoms with Gasteiger partial charge in [-0.2, -0.15) is 0 Å². The fourth-order valence-corrected chi connectivity index (χ4v) is 4.22. The number of amides is 2. The second kappa shape index (κ2) is 11.4. The van der Waals surface area contributed by atoms with Gasteiger partial charge in [-0.1, -0.05) is 19.1 Å². The minimum atomic E-state index is -0.266. The van der Waals surface area contributed by atoms with Gasteiger partial charge in [0.25, 0.3) is 5.91 Å². The largest absolute Gasteiger partial charge is 0.491 e. The standard InChI is InChI=1S/C26H34FN3O4/c1-17-13-30(14-20-7-6-8-21(27)11-20)18(2)16-34-24-12-22(28-19(3)31)9-10-23(24)26(32)29(4)15-25(17)33-5/h6-12,17-18,25H,13-16H2,1-5H3,(H,28,31)/t17-,18+,25+/m0/s1. The van der Waals surface area contributed by atoms with Crippen LogP contribution in [0.25, 0.3) is 0 Å². The van der Waals surface area contributed by atoms with Crippen molar-refractivity contribution in [3.8, 4) is 5.75 Å². The number of hydrogen-bond acceptors (Lipinski definition) is 5. The van der Waals surface area contributed by atoms with E-state index in [1.165, 1.54) is 13.0 Å². The third kappa shape index (κ3) is 6.55. The molecule has 0 saturated heterocycles. The monoisotopic (exact) mass is 471 g/mol. The Morgan fingerprint density at radius 1 is 1.21 bits per heavy atom. The zero-order valence-corrected chi connectivity index (χ0v) is 20.5. The molecule has 1 N–H and O–H groups in total. The normalized spacial score (nSPS) is 22.2. The van der Waals surface area contributed by atoms with Crippen LogP contribution >= 0.6 is 0 Å². The van der Waals surface area contributed by atoms with Gasteiger partial charge in [-0.25, -0.2) is 4.39 Å². The number of ether oxygens (including phenoxy) is 2. The summed E-state index contributed by atoms with van der Waals surface area (Å²) in [5.74, 6) is -0.134. The lowest BCUT2D eigenvalue weighted by Gasteiger charge is -2.36. The van der Waals surface area contributed by atoms with Crippen LogP contribution in [0.1, 0.15) is 36.7 Å². The number of likely N-dealkylation sites (N-methyl/N-ethyl adjacent to an activating group) is 1. The maximum Gasteiger partial charge on any atom is 0.257 e. The molecule has 0 spiro atoms. The van der Waals surface area contributed by atoms with Gasteiger partial charge in [-0.3, -0.25) is 14.5 Å². The van der Waals surface area contributed by atoms with E-state index in [0.29, 0.717) is 43.2 Å². The first-order valence-corrected chi connectivity index (χ1v) is 11.5. The molecule has 34 heavy (non-hydrogen) atoms. The van der Waals surface area contributed by atoms with Crippen molar-refractivity contribution in [1.82, 2.24) is 9.80 Å². The van der Waals surface area contributed by atoms with Crippen molar-refractivity contribution >= 4 is 17.5 Å². The minimum absolute atomic E-state index is 0.0345. The number of methoxy groups -OCH3 is 1. The van der Waals surface area contributed by atoms with E-state index in [1.54, 1.807) is 49.4 Å². The van der Waals surface area contributed by atoms with Crippen molar-refractivity contribution in [2.45, 2.75) is 39.5 Å². The predicted octanol–water partition coefficient (Wildman–Crippen LogP) is 3.79. The predicted molar refractivity (Wildman–Crippen MR) is 129 cm³/mol. The number of hydrogen-bond donors (Lipinski definition) is 1. The Kier molecular flexibility index (Phi) is 8.63. The summed E-state index contributed by atoms with van der Waals surface area (Å²) in [6.45, 7) is 7.52. The molecule has 0 aromatic heterocycles. The number of nitrogens with zero attached hydrogens (tertiary/aromatic N) is 2. The highest BCUT2D eigenvalue weighted by Crippen LogP contribution is 2.27. The second-order valence-corrected chi connectivity index (χ2v) is 9.05. The van der Waals surface area contributed by atoms with E-state index in [2.05, 4.69) is 17.1 Å². The molecule has 0 saturated carbocycles. The van der Waals surface area contributed by atoms with Crippen LogP contribution in [0.15, 0.2) is 42.5 Å². The maximum atomic E-state index is 13.8. The summed E-state index contributed by atoms with van der Waals surface area (Å²) in [6.07, 6.45) is -0.182. The van der Waals surface area contributed by atoms with Crippen molar-refractivity contribution in [2.75, 3.05) is 39.2 Å². The van der Waals surface area contributed by atoms with Crippen molar-refractivity contribution in [2.24, 2.45) is 5.92 Å². The van der Waals surface area contributed by atoms with Gasteiger partial charge in [0.2, 0.25) is 5.91 Å². The van der Waals surface area contributed by atoms with E-state index in [1.807, 2.05) is 13.0 Å². The van der Waals surface area contributed by atoms with Crippen LogP contribution < -0.4 is 10.1 Å². The fourth-order valence-electron chi connectivity index (χ4n) is 4.22. The van der Waals surface area contributed by atoms with E-state index in [9.17, 15) is 14.0 Å². The zero-order valence-electron chi connectivity index (χ0n) is 20.5. The summed E-state index contributed by atoms with van der Waals surface area (Å²) < 4.78 is 25.7. The quantitative estimate of drug-likeness (QED) is 0.735. The third-order valence-corrected chi connectivity index (χ3v) is 6.17. The zero-order chi connectivity index (χ0) is 24.8. The third-order valence-electron chi connectivity index (χ3n) is 6.17. The van der Waals surface area contributed by atoms with Gasteiger partial charge in [0, 0.05) is 58.5 Å². The molecule has 1 heterocycles. The van der Waals surface area contributed by atoms with Gasteiger partial charge < -0.3 is 19.7 Å². The van der Waals surface area contributed by atoms with E-state index in [0.717, 1.165) is 5.56 Å². The first kappa shape index (κ1) is 25.6. The summed E-state index contributed by atoms with van der Waals surface area (Å²) in [4.78, 5) is 28.6. The molecule has 3 atom stereocenters. The smallest absolute Gasteiger partial charge is 0.257 e. The van der Waals surface area contributed by atoms with Gasteiger partial charge >= 0.3 is 0 Å². The van der Waals surface area contributed by atoms with Crippen molar-refractivity contribution < 1.29 is 23.5 Å². The molecule has 3 rings (SSSR count). The Labute approximate surface area is 200 Å². The molecule has 7 nitrogen and oxygen atoms in total. The molecule has 2 amide bonds. The van der Waals surface area contributed by atoms with Crippen molar-refractivity contribution in [3.05, 3.63) is 59.4 Å². The lowest BCUT2D eigenvalue weighted by Crippen LogP contribution is -2.46. The number of benzene rings is 2. The number of fused-ring (bicyclic) bond motifs is 1. The number of halogens is 1. The van der Waals surface area contributed by atoms with Gasteiger partial charge in [0.05, 0.1) is 11.7 Å². The van der Waals surface area contributed by atoms with Gasteiger partial charge in [-0.05, 0) is 42.7 Å². The van der Waals surface area contributed by atoms with Crippen LogP contribution in [-0.2, 0) is 16.1 Å². The molecule has 0 fully saturated rings. The first-order valence-electron chi connectivity index (χ1n) is 11.5. The second-order valence-electron chi connectivity index (χ2n) is 9.05. The maximum absolute atomic E-state index is 13.8. The number of anilines is 1. The SMILES string of the molecule is CO[C@@H]1CN(C)C(=O)c2ccc(NC(C)=O)cc2OC[C@@H](C)N(Cc2cccc(F)c2)C[C@@H]1C. The Morgan fingerprint density at radius 3 is 2.65 bits per heavy atom. The molecule has 2 aromatic carbocycles. The highest BCUT2D eigenvalue weighted by Gasteiger charge is 2.28. The van der Waals surface area contributed by atoms with E-state index in [-0.39, 0.29) is 35.7 Å². The lowest BCUT2D eigenvalue weighted by atomic mass is 10.0. The Balaban J connectivity index is 1.95. The highest BCUT2D eigenvalue weighted by molar-refractivity contribution is 5.98. The average molecular weight is 472 g/mol. The van der Waals surface area contributed by atoms with Gasteiger partial charge in [-0.15, -0.1) is 0 Å². The summed E-state index contributed by atoms with van der Waals surface area (Å²) in [7, 11) is 3.40. The van der Waals surface area contributed by atoms with Gasteiger partial charge in [0.15, 0.2) is 0 Å². The topological polar surface area (TPSA) is 71.1 Å². The molecule has 1 aliphatic rings. The van der Waals surface area contributed by atoms with Crippen LogP contribution in [0.5, 0.6) is 5.75 Å². The average Bonchev–Trinajstić information content (AvgIpc) is 2.79. The highest BCUT2D eigenvalue weighted by atomic mass is 19.1. The van der Waals surface area contributed by atoms with Crippen LogP contribution in [-0.4, -0.2) is 67.6 Å².